The van der Waals surface area contributed by atoms with Crippen molar-refractivity contribution in [3.63, 3.8) is 0 Å². The maximum absolute atomic E-state index is 11.4. The van der Waals surface area contributed by atoms with E-state index in [-0.39, 0.29) is 12.6 Å². The van der Waals surface area contributed by atoms with Crippen molar-refractivity contribution in [3.05, 3.63) is 0 Å². The zero-order valence-electron chi connectivity index (χ0n) is 9.95. The molecule has 2 N–H and O–H groups in total. The molecule has 0 aromatic carbocycles. The highest BCUT2D eigenvalue weighted by Gasteiger charge is 2.14. The number of nitrogens with zero attached hydrogens (tertiary/aromatic N) is 1. The molecule has 0 spiro atoms. The Morgan fingerprint density at radius 3 is 3.00 bits per heavy atom. The van der Waals surface area contributed by atoms with Gasteiger partial charge in [0.15, 0.2) is 0 Å². The molecular formula is C11H22N2O3. The highest BCUT2D eigenvalue weighted by molar-refractivity contribution is 5.73. The molecule has 0 aromatic rings. The summed E-state index contributed by atoms with van der Waals surface area (Å²) in [6.07, 6.45) is 4.66. The van der Waals surface area contributed by atoms with Crippen LogP contribution in [-0.4, -0.2) is 55.5 Å². The number of urea groups is 1. The maximum atomic E-state index is 11.4. The first kappa shape index (κ1) is 13.3. The molecular weight excluding hydrogens is 208 g/mol. The summed E-state index contributed by atoms with van der Waals surface area (Å²) in [5.41, 5.74) is 0. The van der Waals surface area contributed by atoms with Gasteiger partial charge >= 0.3 is 6.03 Å². The Morgan fingerprint density at radius 1 is 1.56 bits per heavy atom. The van der Waals surface area contributed by atoms with Gasteiger partial charge in [0, 0.05) is 26.7 Å². The van der Waals surface area contributed by atoms with Crippen LogP contribution in [0.15, 0.2) is 0 Å². The van der Waals surface area contributed by atoms with Crippen LogP contribution in [0.3, 0.4) is 0 Å². The Labute approximate surface area is 96.8 Å². The molecule has 0 aliphatic carbocycles. The summed E-state index contributed by atoms with van der Waals surface area (Å²) < 4.78 is 5.56. The molecule has 0 bridgehead atoms. The van der Waals surface area contributed by atoms with Gasteiger partial charge in [-0.05, 0) is 25.7 Å². The van der Waals surface area contributed by atoms with E-state index in [0.29, 0.717) is 19.2 Å². The zero-order chi connectivity index (χ0) is 11.8. The molecule has 1 unspecified atom stereocenters. The van der Waals surface area contributed by atoms with Gasteiger partial charge in [0.1, 0.15) is 0 Å². The number of ether oxygens (including phenoxy) is 1. The summed E-state index contributed by atoms with van der Waals surface area (Å²) in [7, 11) is 1.67. The van der Waals surface area contributed by atoms with Crippen LogP contribution >= 0.6 is 0 Å². The summed E-state index contributed by atoms with van der Waals surface area (Å²) in [5.74, 6) is 0. The monoisotopic (exact) mass is 230 g/mol. The van der Waals surface area contributed by atoms with Crippen molar-refractivity contribution in [2.75, 3.05) is 33.4 Å². The van der Waals surface area contributed by atoms with E-state index in [1.807, 2.05) is 0 Å². The van der Waals surface area contributed by atoms with Gasteiger partial charge in [-0.2, -0.15) is 0 Å². The van der Waals surface area contributed by atoms with E-state index in [2.05, 4.69) is 5.32 Å². The van der Waals surface area contributed by atoms with Gasteiger partial charge in [-0.1, -0.05) is 0 Å². The molecule has 0 aromatic heterocycles. The van der Waals surface area contributed by atoms with Crippen LogP contribution in [0.2, 0.25) is 0 Å². The number of hydrogen-bond donors (Lipinski definition) is 2. The van der Waals surface area contributed by atoms with Gasteiger partial charge in [-0.15, -0.1) is 0 Å². The van der Waals surface area contributed by atoms with E-state index in [4.69, 9.17) is 9.84 Å². The van der Waals surface area contributed by atoms with Crippen molar-refractivity contribution < 1.29 is 14.6 Å². The van der Waals surface area contributed by atoms with Crippen molar-refractivity contribution in [1.29, 1.82) is 0 Å². The molecule has 94 valence electrons. The van der Waals surface area contributed by atoms with Gasteiger partial charge in [0.05, 0.1) is 12.7 Å². The third-order valence-corrected chi connectivity index (χ3v) is 2.80. The van der Waals surface area contributed by atoms with E-state index in [9.17, 15) is 4.79 Å². The topological polar surface area (TPSA) is 61.8 Å². The van der Waals surface area contributed by atoms with Crippen molar-refractivity contribution >= 4 is 6.03 Å². The minimum Gasteiger partial charge on any atom is -0.395 e. The lowest BCUT2D eigenvalue weighted by Gasteiger charge is -2.23. The second kappa shape index (κ2) is 7.46. The molecule has 0 radical (unpaired) electrons. The maximum Gasteiger partial charge on any atom is 0.317 e. The van der Waals surface area contributed by atoms with Crippen LogP contribution < -0.4 is 5.32 Å². The number of hydrogen-bond acceptors (Lipinski definition) is 3. The molecule has 1 aliphatic heterocycles. The Bertz CT molecular complexity index is 205. The fourth-order valence-electron chi connectivity index (χ4n) is 1.76. The predicted molar refractivity (Wildman–Crippen MR) is 61.3 cm³/mol. The van der Waals surface area contributed by atoms with Gasteiger partial charge in [0.2, 0.25) is 0 Å². The normalized spacial score (nSPS) is 20.5. The molecule has 1 atom stereocenters. The molecule has 1 fully saturated rings. The molecule has 1 saturated heterocycles. The molecule has 1 aliphatic rings. The quantitative estimate of drug-likeness (QED) is 0.726. The minimum absolute atomic E-state index is 0.00431. The second-order valence-electron chi connectivity index (χ2n) is 4.15. The van der Waals surface area contributed by atoms with Gasteiger partial charge in [0.25, 0.3) is 0 Å². The number of aliphatic hydroxyl groups is 1. The Morgan fingerprint density at radius 2 is 2.38 bits per heavy atom. The zero-order valence-corrected chi connectivity index (χ0v) is 9.95. The Hall–Kier alpha value is -0.810. The van der Waals surface area contributed by atoms with Gasteiger partial charge in [-0.3, -0.25) is 0 Å². The second-order valence-corrected chi connectivity index (χ2v) is 4.15. The summed E-state index contributed by atoms with van der Waals surface area (Å²) >= 11 is 0. The van der Waals surface area contributed by atoms with E-state index in [1.165, 1.54) is 11.3 Å². The van der Waals surface area contributed by atoms with E-state index in [1.54, 1.807) is 7.05 Å². The number of carbonyl (C=O) groups is 1. The summed E-state index contributed by atoms with van der Waals surface area (Å²) in [6, 6.07) is -0.134. The van der Waals surface area contributed by atoms with Crippen molar-refractivity contribution in [2.24, 2.45) is 0 Å². The van der Waals surface area contributed by atoms with Crippen LogP contribution in [0, 0.1) is 0 Å². The molecule has 0 saturated carbocycles. The average molecular weight is 230 g/mol. The first-order valence-electron chi connectivity index (χ1n) is 5.95. The minimum atomic E-state index is -0.134. The highest BCUT2D eigenvalue weighted by Crippen LogP contribution is 2.14. The van der Waals surface area contributed by atoms with Gasteiger partial charge < -0.3 is 20.1 Å². The standard InChI is InChI=1S/C11H22N2O3/c1-13(7-8-14)11(15)12-6-5-10-4-2-3-9-16-10/h10,14H,2-9H2,1H3,(H,12,15). The molecule has 1 rings (SSSR count). The largest absolute Gasteiger partial charge is 0.395 e. The average Bonchev–Trinajstić information content (AvgIpc) is 2.30. The highest BCUT2D eigenvalue weighted by atomic mass is 16.5. The number of rotatable bonds is 5. The van der Waals surface area contributed by atoms with Crippen molar-refractivity contribution in [3.8, 4) is 0 Å². The lowest BCUT2D eigenvalue weighted by Crippen LogP contribution is -2.40. The Balaban J connectivity index is 2.07. The lowest BCUT2D eigenvalue weighted by atomic mass is 10.1. The van der Waals surface area contributed by atoms with Crippen LogP contribution in [-0.2, 0) is 4.74 Å². The summed E-state index contributed by atoms with van der Waals surface area (Å²) in [6.45, 7) is 1.85. The number of likely N-dealkylation sites (N-methyl/N-ethyl adjacent to an activating group) is 1. The molecule has 2 amide bonds. The van der Waals surface area contributed by atoms with E-state index in [0.717, 1.165) is 25.9 Å². The molecule has 1 heterocycles. The number of carbonyl (C=O) groups excluding carboxylic acids is 1. The first-order valence-corrected chi connectivity index (χ1v) is 5.95. The smallest absolute Gasteiger partial charge is 0.317 e. The molecule has 5 heteroatoms. The number of aliphatic hydroxyl groups excluding tert-OH is 1. The summed E-state index contributed by atoms with van der Waals surface area (Å²) in [4.78, 5) is 12.9. The fraction of sp³-hybridized carbons (Fsp3) is 0.909. The van der Waals surface area contributed by atoms with Crippen molar-refractivity contribution in [2.45, 2.75) is 31.8 Å². The Kier molecular flexibility index (Phi) is 6.18. The molecule has 16 heavy (non-hydrogen) atoms. The van der Waals surface area contributed by atoms with Crippen LogP contribution in [0.25, 0.3) is 0 Å². The predicted octanol–water partition coefficient (Wildman–Crippen LogP) is 0.579. The van der Waals surface area contributed by atoms with Crippen molar-refractivity contribution in [1.82, 2.24) is 10.2 Å². The SMILES string of the molecule is CN(CCO)C(=O)NCCC1CCCCO1. The van der Waals surface area contributed by atoms with Crippen LogP contribution in [0.1, 0.15) is 25.7 Å². The van der Waals surface area contributed by atoms with Crippen LogP contribution in [0.4, 0.5) is 4.79 Å². The van der Waals surface area contributed by atoms with E-state index < -0.39 is 0 Å². The number of nitrogens with one attached hydrogen (secondary N) is 1. The van der Waals surface area contributed by atoms with Crippen LogP contribution in [0.5, 0.6) is 0 Å². The number of amides is 2. The fourth-order valence-corrected chi connectivity index (χ4v) is 1.76. The summed E-state index contributed by atoms with van der Waals surface area (Å²) in [5, 5.41) is 11.5. The molecule has 5 nitrogen and oxygen atoms in total. The van der Waals surface area contributed by atoms with Gasteiger partial charge in [-0.25, -0.2) is 4.79 Å². The third-order valence-electron chi connectivity index (χ3n) is 2.80. The van der Waals surface area contributed by atoms with E-state index >= 15 is 0 Å². The lowest BCUT2D eigenvalue weighted by molar-refractivity contribution is 0.0118. The third kappa shape index (κ3) is 4.81. The first-order chi connectivity index (χ1) is 7.74.